The third-order valence-electron chi connectivity index (χ3n) is 2.72. The molecule has 0 spiro atoms. The summed E-state index contributed by atoms with van der Waals surface area (Å²) in [6.45, 7) is 4.02. The molecule has 1 heterocycles. The van der Waals surface area contributed by atoms with Crippen molar-refractivity contribution in [3.05, 3.63) is 29.6 Å². The van der Waals surface area contributed by atoms with Crippen molar-refractivity contribution in [3.63, 3.8) is 0 Å². The standard InChI is InChI=1S/C13H18N2O3/c1-3-6-9(4-2)15-12(16)11-10(13(17)18)7-5-8-14-11/h5,7-9H,3-4,6H2,1-2H3,(H,15,16)(H,17,18). The van der Waals surface area contributed by atoms with Gasteiger partial charge in [0.1, 0.15) is 5.69 Å². The second kappa shape index (κ2) is 6.74. The summed E-state index contributed by atoms with van der Waals surface area (Å²) in [5.74, 6) is -1.56. The Labute approximate surface area is 106 Å². The minimum Gasteiger partial charge on any atom is -0.478 e. The van der Waals surface area contributed by atoms with E-state index in [4.69, 9.17) is 5.11 Å². The van der Waals surface area contributed by atoms with Crippen LogP contribution in [0.5, 0.6) is 0 Å². The molecule has 0 bridgehead atoms. The van der Waals surface area contributed by atoms with Crippen LogP contribution in [-0.4, -0.2) is 28.0 Å². The first-order valence-electron chi connectivity index (χ1n) is 6.09. The van der Waals surface area contributed by atoms with Gasteiger partial charge in [0.15, 0.2) is 0 Å². The van der Waals surface area contributed by atoms with Gasteiger partial charge < -0.3 is 10.4 Å². The highest BCUT2D eigenvalue weighted by Gasteiger charge is 2.19. The fraction of sp³-hybridized carbons (Fsp3) is 0.462. The molecule has 0 fully saturated rings. The van der Waals surface area contributed by atoms with Gasteiger partial charge in [0, 0.05) is 12.2 Å². The molecule has 0 aromatic carbocycles. The summed E-state index contributed by atoms with van der Waals surface area (Å²) < 4.78 is 0. The normalized spacial score (nSPS) is 11.9. The van der Waals surface area contributed by atoms with Gasteiger partial charge in [0.2, 0.25) is 0 Å². The molecule has 2 N–H and O–H groups in total. The van der Waals surface area contributed by atoms with Crippen LogP contribution in [0.3, 0.4) is 0 Å². The monoisotopic (exact) mass is 250 g/mol. The maximum absolute atomic E-state index is 12.0. The number of hydrogen-bond donors (Lipinski definition) is 2. The molecule has 0 saturated heterocycles. The first kappa shape index (κ1) is 14.2. The van der Waals surface area contributed by atoms with Crippen molar-refractivity contribution in [2.24, 2.45) is 0 Å². The van der Waals surface area contributed by atoms with Gasteiger partial charge >= 0.3 is 5.97 Å². The summed E-state index contributed by atoms with van der Waals surface area (Å²) >= 11 is 0. The van der Waals surface area contributed by atoms with E-state index in [1.807, 2.05) is 13.8 Å². The molecule has 5 nitrogen and oxygen atoms in total. The maximum atomic E-state index is 12.0. The molecule has 1 atom stereocenters. The number of pyridine rings is 1. The van der Waals surface area contributed by atoms with Gasteiger partial charge in [-0.25, -0.2) is 4.79 Å². The highest BCUT2D eigenvalue weighted by molar-refractivity contribution is 6.03. The van der Waals surface area contributed by atoms with Crippen LogP contribution in [0.1, 0.15) is 54.0 Å². The first-order valence-corrected chi connectivity index (χ1v) is 6.09. The van der Waals surface area contributed by atoms with Gasteiger partial charge in [-0.15, -0.1) is 0 Å². The molecule has 0 aliphatic heterocycles. The Morgan fingerprint density at radius 1 is 1.44 bits per heavy atom. The van der Waals surface area contributed by atoms with Crippen molar-refractivity contribution < 1.29 is 14.7 Å². The second-order valence-electron chi connectivity index (χ2n) is 4.07. The zero-order valence-corrected chi connectivity index (χ0v) is 10.6. The molecule has 1 rings (SSSR count). The van der Waals surface area contributed by atoms with Crippen molar-refractivity contribution in [2.75, 3.05) is 0 Å². The number of nitrogens with one attached hydrogen (secondary N) is 1. The lowest BCUT2D eigenvalue weighted by atomic mass is 10.1. The summed E-state index contributed by atoms with van der Waals surface area (Å²) in [7, 11) is 0. The van der Waals surface area contributed by atoms with Crippen molar-refractivity contribution in [1.82, 2.24) is 10.3 Å². The number of rotatable bonds is 6. The van der Waals surface area contributed by atoms with E-state index in [1.54, 1.807) is 0 Å². The number of nitrogens with zero attached hydrogens (tertiary/aromatic N) is 1. The predicted molar refractivity (Wildman–Crippen MR) is 67.6 cm³/mol. The molecule has 5 heteroatoms. The quantitative estimate of drug-likeness (QED) is 0.810. The van der Waals surface area contributed by atoms with Gasteiger partial charge in [0.05, 0.1) is 5.56 Å². The topological polar surface area (TPSA) is 79.3 Å². The van der Waals surface area contributed by atoms with Crippen molar-refractivity contribution >= 4 is 11.9 Å². The average Bonchev–Trinajstić information content (AvgIpc) is 2.38. The number of carbonyl (C=O) groups excluding carboxylic acids is 1. The lowest BCUT2D eigenvalue weighted by Crippen LogP contribution is -2.35. The number of aromatic carboxylic acids is 1. The van der Waals surface area contributed by atoms with Crippen LogP contribution in [0.4, 0.5) is 0 Å². The molecule has 1 aromatic rings. The van der Waals surface area contributed by atoms with E-state index in [2.05, 4.69) is 10.3 Å². The summed E-state index contributed by atoms with van der Waals surface area (Å²) in [6.07, 6.45) is 4.07. The lowest BCUT2D eigenvalue weighted by Gasteiger charge is -2.16. The maximum Gasteiger partial charge on any atom is 0.338 e. The van der Waals surface area contributed by atoms with E-state index in [1.165, 1.54) is 18.3 Å². The Morgan fingerprint density at radius 2 is 2.17 bits per heavy atom. The van der Waals surface area contributed by atoms with Crippen LogP contribution < -0.4 is 5.32 Å². The summed E-state index contributed by atoms with van der Waals surface area (Å²) in [4.78, 5) is 26.8. The van der Waals surface area contributed by atoms with Gasteiger partial charge in [0.25, 0.3) is 5.91 Å². The van der Waals surface area contributed by atoms with E-state index >= 15 is 0 Å². The van der Waals surface area contributed by atoms with E-state index in [9.17, 15) is 9.59 Å². The zero-order valence-electron chi connectivity index (χ0n) is 10.6. The third-order valence-corrected chi connectivity index (χ3v) is 2.72. The second-order valence-corrected chi connectivity index (χ2v) is 4.07. The number of carboxylic acid groups (broad SMARTS) is 1. The molecule has 0 radical (unpaired) electrons. The van der Waals surface area contributed by atoms with Gasteiger partial charge in [-0.05, 0) is 25.0 Å². The van der Waals surface area contributed by atoms with Crippen LogP contribution in [0.15, 0.2) is 18.3 Å². The van der Waals surface area contributed by atoms with Gasteiger partial charge in [-0.1, -0.05) is 20.3 Å². The Morgan fingerprint density at radius 3 is 2.72 bits per heavy atom. The van der Waals surface area contributed by atoms with E-state index in [0.29, 0.717) is 0 Å². The number of hydrogen-bond acceptors (Lipinski definition) is 3. The highest BCUT2D eigenvalue weighted by Crippen LogP contribution is 2.08. The summed E-state index contributed by atoms with van der Waals surface area (Å²) in [6, 6.07) is 2.94. The summed E-state index contributed by atoms with van der Waals surface area (Å²) in [5.41, 5.74) is -0.0964. The van der Waals surface area contributed by atoms with Gasteiger partial charge in [-0.3, -0.25) is 9.78 Å². The van der Waals surface area contributed by atoms with Crippen LogP contribution in [0.2, 0.25) is 0 Å². The van der Waals surface area contributed by atoms with Crippen molar-refractivity contribution in [1.29, 1.82) is 0 Å². The fourth-order valence-corrected chi connectivity index (χ4v) is 1.74. The van der Waals surface area contributed by atoms with Crippen molar-refractivity contribution in [3.8, 4) is 0 Å². The number of amides is 1. The summed E-state index contributed by atoms with van der Waals surface area (Å²) in [5, 5.41) is 11.8. The number of aromatic nitrogens is 1. The third kappa shape index (κ3) is 3.55. The Balaban J connectivity index is 2.87. The number of carbonyl (C=O) groups is 2. The SMILES string of the molecule is CCCC(CC)NC(=O)c1ncccc1C(=O)O. The minimum atomic E-state index is -1.14. The fourth-order valence-electron chi connectivity index (χ4n) is 1.74. The number of carboxylic acids is 1. The Hall–Kier alpha value is -1.91. The predicted octanol–water partition coefficient (Wildman–Crippen LogP) is 2.09. The Bertz CT molecular complexity index is 432. The van der Waals surface area contributed by atoms with Crippen LogP contribution in [0.25, 0.3) is 0 Å². The Kier molecular flexibility index (Phi) is 5.30. The van der Waals surface area contributed by atoms with Gasteiger partial charge in [-0.2, -0.15) is 0 Å². The molecule has 1 aromatic heterocycles. The van der Waals surface area contributed by atoms with E-state index in [-0.39, 0.29) is 17.3 Å². The first-order chi connectivity index (χ1) is 8.60. The molecule has 0 saturated carbocycles. The molecule has 18 heavy (non-hydrogen) atoms. The minimum absolute atomic E-state index is 0.0282. The molecule has 98 valence electrons. The smallest absolute Gasteiger partial charge is 0.338 e. The van der Waals surface area contributed by atoms with Crippen LogP contribution in [-0.2, 0) is 0 Å². The molecule has 0 aliphatic rings. The molecule has 1 unspecified atom stereocenters. The van der Waals surface area contributed by atoms with Crippen molar-refractivity contribution in [2.45, 2.75) is 39.2 Å². The average molecular weight is 250 g/mol. The molecule has 1 amide bonds. The molecular formula is C13H18N2O3. The van der Waals surface area contributed by atoms with Crippen LogP contribution in [0, 0.1) is 0 Å². The lowest BCUT2D eigenvalue weighted by molar-refractivity contribution is 0.0689. The molecule has 0 aliphatic carbocycles. The largest absolute Gasteiger partial charge is 0.478 e. The van der Waals surface area contributed by atoms with Crippen LogP contribution >= 0.6 is 0 Å². The molecular weight excluding hydrogens is 232 g/mol. The van der Waals surface area contributed by atoms with E-state index < -0.39 is 11.9 Å². The highest BCUT2D eigenvalue weighted by atomic mass is 16.4. The zero-order chi connectivity index (χ0) is 13.5. The van der Waals surface area contributed by atoms with E-state index in [0.717, 1.165) is 19.3 Å².